The molecule has 0 saturated carbocycles. The molecule has 0 radical (unpaired) electrons. The van der Waals surface area contributed by atoms with E-state index >= 15 is 0 Å². The molecule has 0 aromatic heterocycles. The van der Waals surface area contributed by atoms with Gasteiger partial charge in [0.25, 0.3) is 0 Å². The van der Waals surface area contributed by atoms with Crippen LogP contribution in [0.15, 0.2) is 18.2 Å². The molecule has 0 spiro atoms. The summed E-state index contributed by atoms with van der Waals surface area (Å²) < 4.78 is 32.3. The molecule has 1 aliphatic heterocycles. The number of benzene rings is 1. The Morgan fingerprint density at radius 2 is 2.08 bits per heavy atom. The van der Waals surface area contributed by atoms with Crippen molar-refractivity contribution in [3.8, 4) is 0 Å². The third kappa shape index (κ3) is 5.39. The van der Waals surface area contributed by atoms with Gasteiger partial charge in [-0.15, -0.1) is 0 Å². The van der Waals surface area contributed by atoms with Gasteiger partial charge in [-0.3, -0.25) is 0 Å². The predicted octanol–water partition coefficient (Wildman–Crippen LogP) is 4.26. The summed E-state index contributed by atoms with van der Waals surface area (Å²) in [6.07, 6.45) is 1.40. The zero-order valence-electron chi connectivity index (χ0n) is 15.4. The maximum Gasteiger partial charge on any atom is 0.410 e. The molecule has 1 saturated heterocycles. The van der Waals surface area contributed by atoms with Gasteiger partial charge in [0, 0.05) is 19.1 Å². The Hall–Kier alpha value is -1.69. The van der Waals surface area contributed by atoms with E-state index in [1.54, 1.807) is 11.0 Å². The Labute approximate surface area is 148 Å². The van der Waals surface area contributed by atoms with Crippen molar-refractivity contribution >= 4 is 6.09 Å². The van der Waals surface area contributed by atoms with E-state index in [0.717, 1.165) is 25.5 Å². The number of hydrogen-bond acceptors (Lipinski definition) is 3. The van der Waals surface area contributed by atoms with Crippen molar-refractivity contribution in [2.75, 3.05) is 19.6 Å². The first-order valence-electron chi connectivity index (χ1n) is 8.87. The van der Waals surface area contributed by atoms with Crippen LogP contribution in [0.3, 0.4) is 0 Å². The van der Waals surface area contributed by atoms with Crippen LogP contribution in [0, 0.1) is 17.6 Å². The lowest BCUT2D eigenvalue weighted by Gasteiger charge is -2.27. The van der Waals surface area contributed by atoms with Crippen LogP contribution in [-0.2, 0) is 4.74 Å². The molecule has 4 nitrogen and oxygen atoms in total. The van der Waals surface area contributed by atoms with Crippen molar-refractivity contribution in [2.24, 2.45) is 5.92 Å². The summed E-state index contributed by atoms with van der Waals surface area (Å²) >= 11 is 0. The number of hydrogen-bond donors (Lipinski definition) is 1. The lowest BCUT2D eigenvalue weighted by molar-refractivity contribution is 0.0285. The number of amides is 1. The van der Waals surface area contributed by atoms with Gasteiger partial charge in [0.1, 0.15) is 5.60 Å². The van der Waals surface area contributed by atoms with Gasteiger partial charge in [-0.05, 0) is 63.8 Å². The average Bonchev–Trinajstić information content (AvgIpc) is 2.99. The minimum absolute atomic E-state index is 0.123. The lowest BCUT2D eigenvalue weighted by Crippen LogP contribution is -2.37. The van der Waals surface area contributed by atoms with Crippen LogP contribution in [0.2, 0.25) is 0 Å². The number of halogens is 2. The van der Waals surface area contributed by atoms with Gasteiger partial charge >= 0.3 is 6.09 Å². The van der Waals surface area contributed by atoms with Crippen LogP contribution in [0.5, 0.6) is 0 Å². The number of ether oxygens (including phenoxy) is 1. The molecular formula is C19H28F2N2O2. The quantitative estimate of drug-likeness (QED) is 0.859. The van der Waals surface area contributed by atoms with E-state index in [2.05, 4.69) is 12.2 Å². The number of carbonyl (C=O) groups is 1. The maximum atomic E-state index is 13.7. The summed E-state index contributed by atoms with van der Waals surface area (Å²) in [6, 6.07) is 3.90. The van der Waals surface area contributed by atoms with E-state index in [1.807, 2.05) is 20.8 Å². The predicted molar refractivity (Wildman–Crippen MR) is 93.3 cm³/mol. The first-order chi connectivity index (χ1) is 11.7. The molecule has 1 fully saturated rings. The number of likely N-dealkylation sites (tertiary alicyclic amines) is 1. The molecule has 0 aliphatic carbocycles. The highest BCUT2D eigenvalue weighted by Crippen LogP contribution is 2.31. The van der Waals surface area contributed by atoms with Gasteiger partial charge in [0.05, 0.1) is 0 Å². The summed E-state index contributed by atoms with van der Waals surface area (Å²) in [4.78, 5) is 13.9. The monoisotopic (exact) mass is 354 g/mol. The Kier molecular flexibility index (Phi) is 6.38. The van der Waals surface area contributed by atoms with E-state index in [-0.39, 0.29) is 18.1 Å². The molecule has 1 aromatic carbocycles. The average molecular weight is 354 g/mol. The number of nitrogens with one attached hydrogen (secondary N) is 1. The minimum Gasteiger partial charge on any atom is -0.444 e. The Morgan fingerprint density at radius 3 is 2.68 bits per heavy atom. The minimum atomic E-state index is -0.847. The smallest absolute Gasteiger partial charge is 0.410 e. The van der Waals surface area contributed by atoms with Crippen LogP contribution in [-0.4, -0.2) is 36.2 Å². The molecule has 2 unspecified atom stereocenters. The summed E-state index contributed by atoms with van der Waals surface area (Å²) in [5, 5.41) is 3.41. The van der Waals surface area contributed by atoms with Crippen molar-refractivity contribution in [1.82, 2.24) is 10.2 Å². The zero-order valence-corrected chi connectivity index (χ0v) is 15.4. The molecule has 140 valence electrons. The fourth-order valence-corrected chi connectivity index (χ4v) is 3.11. The van der Waals surface area contributed by atoms with Crippen LogP contribution < -0.4 is 5.32 Å². The topological polar surface area (TPSA) is 41.6 Å². The third-order valence-corrected chi connectivity index (χ3v) is 4.26. The zero-order chi connectivity index (χ0) is 18.6. The van der Waals surface area contributed by atoms with Crippen molar-refractivity contribution in [2.45, 2.75) is 52.2 Å². The fourth-order valence-electron chi connectivity index (χ4n) is 3.11. The molecule has 2 rings (SSSR count). The van der Waals surface area contributed by atoms with Crippen LogP contribution in [0.25, 0.3) is 0 Å². The van der Waals surface area contributed by atoms with E-state index in [4.69, 9.17) is 4.74 Å². The van der Waals surface area contributed by atoms with Crippen molar-refractivity contribution < 1.29 is 18.3 Å². The van der Waals surface area contributed by atoms with E-state index in [1.165, 1.54) is 6.07 Å². The van der Waals surface area contributed by atoms with E-state index in [9.17, 15) is 13.6 Å². The second kappa shape index (κ2) is 8.13. The van der Waals surface area contributed by atoms with Crippen LogP contribution >= 0.6 is 0 Å². The Morgan fingerprint density at radius 1 is 1.36 bits per heavy atom. The van der Waals surface area contributed by atoms with Gasteiger partial charge < -0.3 is 15.0 Å². The first kappa shape index (κ1) is 19.6. The summed E-state index contributed by atoms with van der Waals surface area (Å²) in [6.45, 7) is 9.48. The van der Waals surface area contributed by atoms with Crippen LogP contribution in [0.4, 0.5) is 13.6 Å². The SMILES string of the molecule is CCCNC(c1ccc(F)c(F)c1)C1CCN(C(=O)OC(C)(C)C)C1. The molecule has 1 amide bonds. The van der Waals surface area contributed by atoms with Crippen LogP contribution in [0.1, 0.15) is 52.1 Å². The highest BCUT2D eigenvalue weighted by atomic mass is 19.2. The first-order valence-corrected chi connectivity index (χ1v) is 8.87. The Balaban J connectivity index is 2.11. The van der Waals surface area contributed by atoms with Gasteiger partial charge in [-0.2, -0.15) is 0 Å². The molecule has 1 aliphatic rings. The molecule has 25 heavy (non-hydrogen) atoms. The highest BCUT2D eigenvalue weighted by molar-refractivity contribution is 5.68. The van der Waals surface area contributed by atoms with Gasteiger partial charge in [0.2, 0.25) is 0 Å². The third-order valence-electron chi connectivity index (χ3n) is 4.26. The summed E-state index contributed by atoms with van der Waals surface area (Å²) in [5.41, 5.74) is 0.179. The van der Waals surface area contributed by atoms with Crippen molar-refractivity contribution in [1.29, 1.82) is 0 Å². The van der Waals surface area contributed by atoms with E-state index in [0.29, 0.717) is 18.7 Å². The lowest BCUT2D eigenvalue weighted by atomic mass is 9.92. The Bertz CT molecular complexity index is 602. The molecule has 6 heteroatoms. The molecule has 1 heterocycles. The summed E-state index contributed by atoms with van der Waals surface area (Å²) in [7, 11) is 0. The molecule has 0 bridgehead atoms. The normalized spacial score (nSPS) is 19.1. The van der Waals surface area contributed by atoms with E-state index < -0.39 is 17.2 Å². The molecule has 1 aromatic rings. The summed E-state index contributed by atoms with van der Waals surface area (Å²) in [5.74, 6) is -1.56. The molecular weight excluding hydrogens is 326 g/mol. The maximum absolute atomic E-state index is 13.7. The van der Waals surface area contributed by atoms with Gasteiger partial charge in [-0.1, -0.05) is 13.0 Å². The number of rotatable bonds is 5. The number of nitrogens with zero attached hydrogens (tertiary/aromatic N) is 1. The second-order valence-corrected chi connectivity index (χ2v) is 7.58. The second-order valence-electron chi connectivity index (χ2n) is 7.58. The molecule has 2 atom stereocenters. The van der Waals surface area contributed by atoms with Gasteiger partial charge in [-0.25, -0.2) is 13.6 Å². The fraction of sp³-hybridized carbons (Fsp3) is 0.632. The standard InChI is InChI=1S/C19H28F2N2O2/c1-5-9-22-17(13-6-7-15(20)16(21)11-13)14-8-10-23(12-14)18(24)25-19(2,3)4/h6-7,11,14,17,22H,5,8-10,12H2,1-4H3. The van der Waals surface area contributed by atoms with Crippen molar-refractivity contribution in [3.63, 3.8) is 0 Å². The largest absolute Gasteiger partial charge is 0.444 e. The highest BCUT2D eigenvalue weighted by Gasteiger charge is 2.34. The number of carbonyl (C=O) groups excluding carboxylic acids is 1. The van der Waals surface area contributed by atoms with Crippen molar-refractivity contribution in [3.05, 3.63) is 35.4 Å². The molecule has 1 N–H and O–H groups in total. The van der Waals surface area contributed by atoms with Gasteiger partial charge in [0.15, 0.2) is 11.6 Å².